The van der Waals surface area contributed by atoms with Gasteiger partial charge in [0.25, 0.3) is 0 Å². The lowest BCUT2D eigenvalue weighted by Crippen LogP contribution is -2.44. The fourth-order valence-corrected chi connectivity index (χ4v) is 4.63. The van der Waals surface area contributed by atoms with Crippen LogP contribution in [0.1, 0.15) is 30.4 Å². The molecule has 2 aromatic carbocycles. The molecular weight excluding hydrogens is 471 g/mol. The summed E-state index contributed by atoms with van der Waals surface area (Å²) in [4.78, 5) is 9.14. The highest BCUT2D eigenvalue weighted by Crippen LogP contribution is 2.32. The van der Waals surface area contributed by atoms with Gasteiger partial charge in [0.2, 0.25) is 0 Å². The molecule has 1 aliphatic heterocycles. The van der Waals surface area contributed by atoms with Crippen LogP contribution in [0, 0.1) is 18.6 Å². The van der Waals surface area contributed by atoms with Crippen LogP contribution in [0.25, 0.3) is 27.9 Å². The Morgan fingerprint density at radius 3 is 2.29 bits per heavy atom. The number of aromatic nitrogens is 1. The summed E-state index contributed by atoms with van der Waals surface area (Å²) in [5, 5.41) is 1.22. The summed E-state index contributed by atoms with van der Waals surface area (Å²) in [5.41, 5.74) is 4.20. The molecule has 7 heteroatoms. The van der Waals surface area contributed by atoms with Gasteiger partial charge in [0, 0.05) is 54.1 Å². The smallest absolute Gasteiger partial charge is 0.129 e. The number of piperazine rings is 1. The van der Waals surface area contributed by atoms with Crippen LogP contribution < -0.4 is 0 Å². The molecule has 0 bridgehead atoms. The van der Waals surface area contributed by atoms with E-state index in [0.717, 1.165) is 61.4 Å². The van der Waals surface area contributed by atoms with Crippen molar-refractivity contribution in [3.63, 3.8) is 0 Å². The van der Waals surface area contributed by atoms with Crippen molar-refractivity contribution in [3.05, 3.63) is 83.0 Å². The van der Waals surface area contributed by atoms with Gasteiger partial charge in [-0.25, -0.2) is 13.8 Å². The first-order chi connectivity index (χ1) is 16.8. The quantitative estimate of drug-likeness (QED) is 0.301. The average molecular weight is 500 g/mol. The van der Waals surface area contributed by atoms with E-state index >= 15 is 0 Å². The van der Waals surface area contributed by atoms with Crippen LogP contribution in [0.2, 0.25) is 5.02 Å². The number of allylic oxidation sites excluding steroid dienone is 1. The Morgan fingerprint density at radius 1 is 0.971 bits per heavy atom. The molecule has 184 valence electrons. The molecule has 3 nitrogen and oxygen atoms in total. The highest BCUT2D eigenvalue weighted by Gasteiger charge is 2.20. The Bertz CT molecular complexity index is 1240. The number of hydrogen-bond acceptors (Lipinski definition) is 3. The van der Waals surface area contributed by atoms with Gasteiger partial charge < -0.3 is 9.80 Å². The second kappa shape index (κ2) is 10.7. The highest BCUT2D eigenvalue weighted by atomic mass is 35.5. The first-order valence-electron chi connectivity index (χ1n) is 11.8. The molecule has 1 aliphatic rings. The van der Waals surface area contributed by atoms with Crippen molar-refractivity contribution in [2.75, 3.05) is 32.9 Å². The van der Waals surface area contributed by atoms with Crippen molar-refractivity contribution in [2.24, 2.45) is 0 Å². The monoisotopic (exact) mass is 499 g/mol. The number of pyridine rings is 1. The van der Waals surface area contributed by atoms with Crippen LogP contribution >= 0.6 is 11.6 Å². The Kier molecular flexibility index (Phi) is 7.70. The number of fused-ring (bicyclic) bond motifs is 1. The lowest BCUT2D eigenvalue weighted by atomic mass is 10.0. The van der Waals surface area contributed by atoms with Gasteiger partial charge >= 0.3 is 0 Å². The van der Waals surface area contributed by atoms with E-state index < -0.39 is 11.6 Å². The normalized spacial score (nSPS) is 14.0. The second-order valence-corrected chi connectivity index (χ2v) is 9.33. The van der Waals surface area contributed by atoms with Crippen molar-refractivity contribution < 1.29 is 13.2 Å². The predicted molar refractivity (Wildman–Crippen MR) is 138 cm³/mol. The lowest BCUT2D eigenvalue weighted by molar-refractivity contribution is 0.208. The zero-order valence-corrected chi connectivity index (χ0v) is 20.6. The van der Waals surface area contributed by atoms with E-state index in [0.29, 0.717) is 28.2 Å². The van der Waals surface area contributed by atoms with Crippen molar-refractivity contribution in [2.45, 2.75) is 26.2 Å². The summed E-state index contributed by atoms with van der Waals surface area (Å²) in [6.07, 6.45) is 2.21. The maximum Gasteiger partial charge on any atom is 0.129 e. The average Bonchev–Trinajstić information content (AvgIpc) is 2.86. The molecule has 0 saturated carbocycles. The fraction of sp³-hybridized carbons (Fsp3) is 0.321. The summed E-state index contributed by atoms with van der Waals surface area (Å²) >= 11 is 6.50. The first-order valence-corrected chi connectivity index (χ1v) is 12.2. The standard InChI is InChI=1S/C28H29ClF3N3/c1-18(6-4-5-9-30)34-10-12-35(13-11-34)20(3)21-7-8-23-24(29)17-27(33-28(23)16-21)22-14-25(31)19(2)26(32)15-22/h7-8,14-17H,1,3-6,9-13H2,2H3. The molecular formula is C28H29ClF3N3. The van der Waals surface area contributed by atoms with Crippen LogP contribution in [0.3, 0.4) is 0 Å². The van der Waals surface area contributed by atoms with Crippen LogP contribution in [-0.2, 0) is 0 Å². The van der Waals surface area contributed by atoms with Crippen LogP contribution in [0.5, 0.6) is 0 Å². The SMILES string of the molecule is C=C(CCCCF)N1CCN(C(=C)c2ccc3c(Cl)cc(-c4cc(F)c(C)c(F)c4)nc3c2)CC1. The van der Waals surface area contributed by atoms with E-state index in [1.165, 1.54) is 19.1 Å². The van der Waals surface area contributed by atoms with E-state index in [4.69, 9.17) is 11.6 Å². The predicted octanol–water partition coefficient (Wildman–Crippen LogP) is 7.38. The van der Waals surface area contributed by atoms with Gasteiger partial charge in [-0.2, -0.15) is 0 Å². The molecule has 0 spiro atoms. The third-order valence-electron chi connectivity index (χ3n) is 6.63. The van der Waals surface area contributed by atoms with Gasteiger partial charge in [0.1, 0.15) is 11.6 Å². The van der Waals surface area contributed by atoms with Gasteiger partial charge in [-0.15, -0.1) is 0 Å². The lowest BCUT2D eigenvalue weighted by Gasteiger charge is -2.39. The summed E-state index contributed by atoms with van der Waals surface area (Å²) < 4.78 is 40.6. The van der Waals surface area contributed by atoms with E-state index in [9.17, 15) is 13.2 Å². The van der Waals surface area contributed by atoms with Crippen LogP contribution in [-0.4, -0.2) is 47.6 Å². The molecule has 0 N–H and O–H groups in total. The van der Waals surface area contributed by atoms with Crippen molar-refractivity contribution in [3.8, 4) is 11.3 Å². The molecule has 0 atom stereocenters. The minimum atomic E-state index is -0.621. The molecule has 0 radical (unpaired) electrons. The minimum Gasteiger partial charge on any atom is -0.372 e. The topological polar surface area (TPSA) is 19.4 Å². The molecule has 3 aromatic rings. The molecule has 0 unspecified atom stereocenters. The van der Waals surface area contributed by atoms with Crippen molar-refractivity contribution in [1.29, 1.82) is 0 Å². The number of unbranched alkanes of at least 4 members (excludes halogenated alkanes) is 1. The van der Waals surface area contributed by atoms with Crippen LogP contribution in [0.4, 0.5) is 13.2 Å². The molecule has 1 fully saturated rings. The highest BCUT2D eigenvalue weighted by molar-refractivity contribution is 6.35. The molecule has 35 heavy (non-hydrogen) atoms. The Balaban J connectivity index is 1.52. The second-order valence-electron chi connectivity index (χ2n) is 8.92. The summed E-state index contributed by atoms with van der Waals surface area (Å²) in [6.45, 7) is 12.9. The molecule has 1 aromatic heterocycles. The minimum absolute atomic E-state index is 0.0253. The number of nitrogens with zero attached hydrogens (tertiary/aromatic N) is 3. The number of halogens is 4. The molecule has 0 amide bonds. The van der Waals surface area contributed by atoms with Crippen molar-refractivity contribution >= 4 is 28.2 Å². The van der Waals surface area contributed by atoms with Gasteiger partial charge in [0.15, 0.2) is 0 Å². The maximum absolute atomic E-state index is 14.1. The van der Waals surface area contributed by atoms with E-state index in [1.807, 2.05) is 18.2 Å². The molecule has 2 heterocycles. The third kappa shape index (κ3) is 5.48. The van der Waals surface area contributed by atoms with E-state index in [1.54, 1.807) is 6.07 Å². The Labute approximate surface area is 209 Å². The summed E-state index contributed by atoms with van der Waals surface area (Å²) in [5.74, 6) is -1.24. The van der Waals surface area contributed by atoms with Gasteiger partial charge in [-0.3, -0.25) is 4.39 Å². The molecule has 4 rings (SSSR count). The zero-order valence-electron chi connectivity index (χ0n) is 19.9. The Morgan fingerprint density at radius 2 is 1.63 bits per heavy atom. The maximum atomic E-state index is 14.1. The number of benzene rings is 2. The van der Waals surface area contributed by atoms with Gasteiger partial charge in [-0.1, -0.05) is 36.9 Å². The van der Waals surface area contributed by atoms with Crippen molar-refractivity contribution in [1.82, 2.24) is 14.8 Å². The van der Waals surface area contributed by atoms with Crippen LogP contribution in [0.15, 0.2) is 55.3 Å². The van der Waals surface area contributed by atoms with Gasteiger partial charge in [0.05, 0.1) is 22.9 Å². The van der Waals surface area contributed by atoms with Gasteiger partial charge in [-0.05, 0) is 56.0 Å². The molecule has 0 aliphatic carbocycles. The third-order valence-corrected chi connectivity index (χ3v) is 6.94. The van der Waals surface area contributed by atoms with E-state index in [2.05, 4.69) is 27.9 Å². The number of alkyl halides is 1. The molecule has 1 saturated heterocycles. The largest absolute Gasteiger partial charge is 0.372 e. The number of rotatable bonds is 8. The summed E-state index contributed by atoms with van der Waals surface area (Å²) in [7, 11) is 0. The fourth-order valence-electron chi connectivity index (χ4n) is 4.36. The number of hydrogen-bond donors (Lipinski definition) is 0. The van der Waals surface area contributed by atoms with E-state index in [-0.39, 0.29) is 12.2 Å². The summed E-state index contributed by atoms with van der Waals surface area (Å²) in [6, 6.07) is 9.95. The Hall–Kier alpha value is -2.99. The first kappa shape index (κ1) is 25.1. The zero-order chi connectivity index (χ0) is 25.1.